The molecule has 0 saturated carbocycles. The number of benzene rings is 2. The Kier molecular flexibility index (Phi) is 9.99. The lowest BCUT2D eigenvalue weighted by Gasteiger charge is -2.15. The molecule has 4 aromatic heterocycles. The number of pyridine rings is 2. The summed E-state index contributed by atoms with van der Waals surface area (Å²) in [7, 11) is 0. The maximum atomic E-state index is 13.3. The highest BCUT2D eigenvalue weighted by molar-refractivity contribution is 6.39. The van der Waals surface area contributed by atoms with Gasteiger partial charge in [0.15, 0.2) is 0 Å². The molecule has 2 saturated heterocycles. The van der Waals surface area contributed by atoms with E-state index in [-0.39, 0.29) is 35.0 Å². The maximum absolute atomic E-state index is 13.3. The highest BCUT2D eigenvalue weighted by Crippen LogP contribution is 2.42. The minimum absolute atomic E-state index is 0.0552. The SMILES string of the molecule is O=C1CC[C@H](CNCc2cnc3cc(-c4cccc(-c5cccc(-c6ccn7c(=O)c(CNC[C@H]8CCC(=O)N8)cnc7c6)c5Cl)c4Cl)ccn3c2=O)N1. The number of nitrogens with one attached hydrogen (secondary N) is 4. The van der Waals surface area contributed by atoms with E-state index in [1.807, 2.05) is 60.7 Å². The topological polar surface area (TPSA) is 151 Å². The standard InChI is InChI=1S/C40H36Cl2N8O4/c41-37-29(23-11-13-49-33(15-23)45-19-25(39(49)53)17-43-21-27-7-9-35(51)47-27)3-1-5-31(37)32-6-2-4-30(38(32)42)24-12-14-50-34(16-24)46-20-26(40(50)54)18-44-22-28-8-10-36(52)48-28/h1-6,11-16,19-20,27-28,43-44H,7-10,17-18,21-22H2,(H,47,51)(H,48,52)/t27-,28-/m1/s1. The summed E-state index contributed by atoms with van der Waals surface area (Å²) in [6, 6.07) is 18.9. The van der Waals surface area contributed by atoms with E-state index in [1.165, 1.54) is 8.80 Å². The van der Waals surface area contributed by atoms with Crippen LogP contribution in [-0.4, -0.2) is 55.8 Å². The fourth-order valence-corrected chi connectivity index (χ4v) is 7.83. The Balaban J connectivity index is 1.02. The summed E-state index contributed by atoms with van der Waals surface area (Å²) >= 11 is 14.2. The van der Waals surface area contributed by atoms with Crippen LogP contribution in [0.4, 0.5) is 0 Å². The normalized spacial score (nSPS) is 17.0. The molecule has 8 rings (SSSR count). The van der Waals surface area contributed by atoms with Crippen molar-refractivity contribution in [3.8, 4) is 33.4 Å². The molecule has 0 unspecified atom stereocenters. The van der Waals surface area contributed by atoms with Gasteiger partial charge in [-0.1, -0.05) is 59.6 Å². The summed E-state index contributed by atoms with van der Waals surface area (Å²) in [6.45, 7) is 1.85. The van der Waals surface area contributed by atoms with E-state index in [4.69, 9.17) is 23.2 Å². The molecule has 2 atom stereocenters. The molecule has 6 aromatic rings. The van der Waals surface area contributed by atoms with Crippen molar-refractivity contribution in [2.75, 3.05) is 13.1 Å². The number of carbonyl (C=O) groups is 2. The van der Waals surface area contributed by atoms with Crippen molar-refractivity contribution >= 4 is 46.3 Å². The van der Waals surface area contributed by atoms with Gasteiger partial charge in [-0.3, -0.25) is 28.0 Å². The van der Waals surface area contributed by atoms with E-state index >= 15 is 0 Å². The predicted molar refractivity (Wildman–Crippen MR) is 209 cm³/mol. The molecule has 2 fully saturated rings. The van der Waals surface area contributed by atoms with E-state index < -0.39 is 0 Å². The Bertz CT molecular complexity index is 2390. The van der Waals surface area contributed by atoms with Crippen LogP contribution >= 0.6 is 23.2 Å². The molecule has 14 heteroatoms. The Morgan fingerprint density at radius 3 is 1.46 bits per heavy atom. The average Bonchev–Trinajstić information content (AvgIpc) is 3.80. The lowest BCUT2D eigenvalue weighted by molar-refractivity contribution is -0.120. The molecule has 54 heavy (non-hydrogen) atoms. The van der Waals surface area contributed by atoms with Gasteiger partial charge in [0.2, 0.25) is 11.8 Å². The summed E-state index contributed by atoms with van der Waals surface area (Å²) in [6.07, 6.45) is 9.19. The lowest BCUT2D eigenvalue weighted by Crippen LogP contribution is -2.36. The minimum atomic E-state index is -0.170. The van der Waals surface area contributed by atoms with Crippen molar-refractivity contribution in [1.29, 1.82) is 0 Å². The maximum Gasteiger partial charge on any atom is 0.262 e. The number of rotatable bonds is 11. The van der Waals surface area contributed by atoms with Crippen molar-refractivity contribution in [3.05, 3.63) is 127 Å². The van der Waals surface area contributed by atoms with E-state index in [1.54, 1.807) is 24.8 Å². The zero-order valence-electron chi connectivity index (χ0n) is 29.1. The molecular weight excluding hydrogens is 727 g/mol. The lowest BCUT2D eigenvalue weighted by atomic mass is 9.96. The number of hydrogen-bond donors (Lipinski definition) is 4. The van der Waals surface area contributed by atoms with Gasteiger partial charge >= 0.3 is 0 Å². The third-order valence-electron chi connectivity index (χ3n) is 10.1. The molecule has 0 spiro atoms. The first-order valence-electron chi connectivity index (χ1n) is 17.8. The first kappa shape index (κ1) is 35.6. The quantitative estimate of drug-likeness (QED) is 0.148. The van der Waals surface area contributed by atoms with Gasteiger partial charge in [0, 0.05) is 109 Å². The number of halogens is 2. The molecular formula is C40H36Cl2N8O4. The number of nitrogens with zero attached hydrogens (tertiary/aromatic N) is 4. The molecule has 4 N–H and O–H groups in total. The molecule has 2 amide bonds. The van der Waals surface area contributed by atoms with Crippen LogP contribution in [0.15, 0.2) is 95.0 Å². The van der Waals surface area contributed by atoms with Gasteiger partial charge in [0.25, 0.3) is 11.1 Å². The smallest absolute Gasteiger partial charge is 0.262 e. The predicted octanol–water partition coefficient (Wildman–Crippen LogP) is 4.75. The molecule has 0 bridgehead atoms. The molecule has 274 valence electrons. The molecule has 2 aromatic carbocycles. The summed E-state index contributed by atoms with van der Waals surface area (Å²) in [4.78, 5) is 58.7. The van der Waals surface area contributed by atoms with Gasteiger partial charge in [0.1, 0.15) is 11.3 Å². The molecule has 0 radical (unpaired) electrons. The van der Waals surface area contributed by atoms with Crippen molar-refractivity contribution in [2.45, 2.75) is 50.9 Å². The molecule has 2 aliphatic heterocycles. The van der Waals surface area contributed by atoms with E-state index in [0.717, 1.165) is 46.2 Å². The third-order valence-corrected chi connectivity index (χ3v) is 10.9. The second kappa shape index (κ2) is 15.2. The third kappa shape index (κ3) is 7.13. The van der Waals surface area contributed by atoms with E-state index in [0.29, 0.717) is 71.5 Å². The van der Waals surface area contributed by atoms with Crippen LogP contribution in [0, 0.1) is 0 Å². The number of carbonyl (C=O) groups excluding carboxylic acids is 2. The molecule has 12 nitrogen and oxygen atoms in total. The zero-order chi connectivity index (χ0) is 37.3. The highest BCUT2D eigenvalue weighted by Gasteiger charge is 2.22. The Morgan fingerprint density at radius 2 is 1.06 bits per heavy atom. The second-order valence-corrected chi connectivity index (χ2v) is 14.4. The minimum Gasteiger partial charge on any atom is -0.352 e. The summed E-state index contributed by atoms with van der Waals surface area (Å²) < 4.78 is 3.03. The number of aromatic nitrogens is 4. The van der Waals surface area contributed by atoms with E-state index in [9.17, 15) is 19.2 Å². The first-order chi connectivity index (χ1) is 26.2. The van der Waals surface area contributed by atoms with Crippen LogP contribution in [0.25, 0.3) is 44.7 Å². The van der Waals surface area contributed by atoms with Crippen molar-refractivity contribution in [2.24, 2.45) is 0 Å². The van der Waals surface area contributed by atoms with Gasteiger partial charge in [-0.2, -0.15) is 0 Å². The van der Waals surface area contributed by atoms with Crippen molar-refractivity contribution < 1.29 is 9.59 Å². The number of hydrogen-bond acceptors (Lipinski definition) is 8. The summed E-state index contributed by atoms with van der Waals surface area (Å²) in [5, 5.41) is 13.3. The van der Waals surface area contributed by atoms with E-state index in [2.05, 4.69) is 31.2 Å². The first-order valence-corrected chi connectivity index (χ1v) is 18.6. The monoisotopic (exact) mass is 762 g/mol. The number of fused-ring (bicyclic) bond motifs is 2. The Morgan fingerprint density at radius 1 is 0.630 bits per heavy atom. The average molecular weight is 764 g/mol. The van der Waals surface area contributed by atoms with Gasteiger partial charge in [-0.15, -0.1) is 0 Å². The van der Waals surface area contributed by atoms with Crippen molar-refractivity contribution in [3.63, 3.8) is 0 Å². The largest absolute Gasteiger partial charge is 0.352 e. The van der Waals surface area contributed by atoms with Crippen LogP contribution in [0.5, 0.6) is 0 Å². The van der Waals surface area contributed by atoms with Gasteiger partial charge in [-0.25, -0.2) is 9.97 Å². The van der Waals surface area contributed by atoms with Crippen LogP contribution < -0.4 is 32.4 Å². The van der Waals surface area contributed by atoms with Crippen LogP contribution in [0.1, 0.15) is 36.8 Å². The Hall–Kier alpha value is -5.40. The van der Waals surface area contributed by atoms with Crippen molar-refractivity contribution in [1.82, 2.24) is 40.0 Å². The Labute approximate surface area is 319 Å². The second-order valence-electron chi connectivity index (χ2n) is 13.7. The molecule has 2 aliphatic rings. The fraction of sp³-hybridized carbons (Fsp3) is 0.250. The van der Waals surface area contributed by atoms with Crippen LogP contribution in [0.3, 0.4) is 0 Å². The molecule has 6 heterocycles. The van der Waals surface area contributed by atoms with Gasteiger partial charge in [-0.05, 0) is 48.2 Å². The van der Waals surface area contributed by atoms with Crippen LogP contribution in [0.2, 0.25) is 10.0 Å². The fourth-order valence-electron chi connectivity index (χ4n) is 7.15. The number of amides is 2. The summed E-state index contributed by atoms with van der Waals surface area (Å²) in [5.41, 5.74) is 6.23. The van der Waals surface area contributed by atoms with Crippen LogP contribution in [-0.2, 0) is 22.7 Å². The van der Waals surface area contributed by atoms with Gasteiger partial charge < -0.3 is 21.3 Å². The highest BCUT2D eigenvalue weighted by atomic mass is 35.5. The van der Waals surface area contributed by atoms with Gasteiger partial charge in [0.05, 0.1) is 10.0 Å². The zero-order valence-corrected chi connectivity index (χ0v) is 30.6. The summed E-state index contributed by atoms with van der Waals surface area (Å²) in [5.74, 6) is 0.110. The molecule has 0 aliphatic carbocycles.